The molecule has 0 atom stereocenters. The van der Waals surface area contributed by atoms with Gasteiger partial charge in [-0.1, -0.05) is 67.8 Å². The summed E-state index contributed by atoms with van der Waals surface area (Å²) < 4.78 is 0. The third kappa shape index (κ3) is 4.35. The molecule has 0 bridgehead atoms. The van der Waals surface area contributed by atoms with E-state index in [0.29, 0.717) is 12.6 Å². The molecule has 0 aromatic heterocycles. The summed E-state index contributed by atoms with van der Waals surface area (Å²) in [6.45, 7) is 0.587. The Morgan fingerprint density at radius 2 is 1.52 bits per heavy atom. The van der Waals surface area contributed by atoms with Crippen molar-refractivity contribution in [1.82, 2.24) is 5.32 Å². The van der Waals surface area contributed by atoms with Crippen molar-refractivity contribution in [3.8, 4) is 0 Å². The van der Waals surface area contributed by atoms with E-state index in [-0.39, 0.29) is 6.03 Å². The van der Waals surface area contributed by atoms with Crippen molar-refractivity contribution in [3.63, 3.8) is 0 Å². The molecule has 1 aliphatic carbocycles. The van der Waals surface area contributed by atoms with Gasteiger partial charge in [-0.15, -0.1) is 0 Å². The average molecular weight is 308 g/mol. The molecule has 1 saturated carbocycles. The highest BCUT2D eigenvalue weighted by Crippen LogP contribution is 2.20. The number of urea groups is 1. The first kappa shape index (κ1) is 15.6. The number of nitrogens with zero attached hydrogens (tertiary/aromatic N) is 1. The lowest BCUT2D eigenvalue weighted by atomic mass is 9.96. The molecular weight excluding hydrogens is 284 g/mol. The van der Waals surface area contributed by atoms with Crippen LogP contribution in [0.1, 0.15) is 37.7 Å². The Morgan fingerprint density at radius 1 is 0.913 bits per heavy atom. The monoisotopic (exact) mass is 308 g/mol. The van der Waals surface area contributed by atoms with Crippen LogP contribution in [0.25, 0.3) is 0 Å². The Bertz CT molecular complexity index is 606. The summed E-state index contributed by atoms with van der Waals surface area (Å²) in [6, 6.07) is 20.4. The number of para-hydroxylation sites is 1. The van der Waals surface area contributed by atoms with E-state index in [1.165, 1.54) is 19.3 Å². The maximum absolute atomic E-state index is 12.8. The molecule has 0 saturated heterocycles. The van der Waals surface area contributed by atoms with Gasteiger partial charge in [0.05, 0.1) is 6.54 Å². The van der Waals surface area contributed by atoms with Crippen LogP contribution < -0.4 is 10.2 Å². The fourth-order valence-corrected chi connectivity index (χ4v) is 3.15. The third-order valence-electron chi connectivity index (χ3n) is 4.43. The Labute approximate surface area is 138 Å². The second-order valence-electron chi connectivity index (χ2n) is 6.19. The molecule has 3 nitrogen and oxygen atoms in total. The van der Waals surface area contributed by atoms with Crippen molar-refractivity contribution in [2.24, 2.45) is 0 Å². The van der Waals surface area contributed by atoms with Crippen molar-refractivity contribution >= 4 is 11.7 Å². The van der Waals surface area contributed by atoms with Gasteiger partial charge in [-0.2, -0.15) is 0 Å². The van der Waals surface area contributed by atoms with E-state index in [1.807, 2.05) is 53.4 Å². The van der Waals surface area contributed by atoms with Crippen LogP contribution in [0.4, 0.5) is 10.5 Å². The van der Waals surface area contributed by atoms with E-state index >= 15 is 0 Å². The number of benzene rings is 2. The van der Waals surface area contributed by atoms with Gasteiger partial charge in [0.2, 0.25) is 0 Å². The first-order chi connectivity index (χ1) is 11.3. The van der Waals surface area contributed by atoms with Gasteiger partial charge in [-0.05, 0) is 30.5 Å². The standard InChI is InChI=1S/C20H24N2O/c23-20(21-18-12-6-2-7-13-18)22(19-14-8-3-9-15-19)16-17-10-4-1-5-11-17/h1,3-5,8-11,14-15,18H,2,6-7,12-13,16H2,(H,21,23). The van der Waals surface area contributed by atoms with Crippen molar-refractivity contribution in [2.75, 3.05) is 4.90 Å². The lowest BCUT2D eigenvalue weighted by Gasteiger charge is -2.28. The summed E-state index contributed by atoms with van der Waals surface area (Å²) in [7, 11) is 0. The highest BCUT2D eigenvalue weighted by molar-refractivity contribution is 5.92. The Balaban J connectivity index is 1.75. The Kier molecular flexibility index (Phi) is 5.30. The van der Waals surface area contributed by atoms with E-state index in [0.717, 1.165) is 24.1 Å². The molecule has 120 valence electrons. The molecule has 2 aromatic rings. The van der Waals surface area contributed by atoms with Gasteiger partial charge in [0.15, 0.2) is 0 Å². The van der Waals surface area contributed by atoms with Crippen LogP contribution in [0, 0.1) is 0 Å². The van der Waals surface area contributed by atoms with Crippen LogP contribution in [0.15, 0.2) is 60.7 Å². The van der Waals surface area contributed by atoms with Crippen molar-refractivity contribution in [3.05, 3.63) is 66.2 Å². The molecule has 0 heterocycles. The second-order valence-corrected chi connectivity index (χ2v) is 6.19. The number of nitrogens with one attached hydrogen (secondary N) is 1. The minimum Gasteiger partial charge on any atom is -0.335 e. The van der Waals surface area contributed by atoms with Crippen molar-refractivity contribution in [2.45, 2.75) is 44.7 Å². The summed E-state index contributed by atoms with van der Waals surface area (Å²) in [5.41, 5.74) is 2.07. The number of carbonyl (C=O) groups excluding carboxylic acids is 1. The molecule has 2 aromatic carbocycles. The maximum atomic E-state index is 12.8. The van der Waals surface area contributed by atoms with Gasteiger partial charge >= 0.3 is 6.03 Å². The van der Waals surface area contributed by atoms with Gasteiger partial charge in [-0.25, -0.2) is 4.79 Å². The van der Waals surface area contributed by atoms with Crippen molar-refractivity contribution in [1.29, 1.82) is 0 Å². The first-order valence-electron chi connectivity index (χ1n) is 8.50. The number of carbonyl (C=O) groups is 1. The quantitative estimate of drug-likeness (QED) is 0.869. The van der Waals surface area contributed by atoms with Gasteiger partial charge in [0.1, 0.15) is 0 Å². The number of rotatable bonds is 4. The van der Waals surface area contributed by atoms with E-state index in [9.17, 15) is 4.79 Å². The smallest absolute Gasteiger partial charge is 0.322 e. The highest BCUT2D eigenvalue weighted by Gasteiger charge is 2.21. The summed E-state index contributed by atoms with van der Waals surface area (Å²) >= 11 is 0. The van der Waals surface area contributed by atoms with E-state index in [2.05, 4.69) is 17.4 Å². The van der Waals surface area contributed by atoms with Crippen molar-refractivity contribution < 1.29 is 4.79 Å². The van der Waals surface area contributed by atoms with Gasteiger partial charge in [0, 0.05) is 11.7 Å². The SMILES string of the molecule is O=C(NC1CCCCC1)N(Cc1ccccc1)c1ccccc1. The van der Waals surface area contributed by atoms with Crippen LogP contribution in [0.2, 0.25) is 0 Å². The van der Waals surface area contributed by atoms with Gasteiger partial charge < -0.3 is 5.32 Å². The molecule has 3 rings (SSSR count). The molecule has 0 aliphatic heterocycles. The van der Waals surface area contributed by atoms with Gasteiger partial charge in [0.25, 0.3) is 0 Å². The normalized spacial score (nSPS) is 15.1. The van der Waals surface area contributed by atoms with E-state index < -0.39 is 0 Å². The predicted molar refractivity (Wildman–Crippen MR) is 94.5 cm³/mol. The molecule has 1 aliphatic rings. The van der Waals surface area contributed by atoms with Gasteiger partial charge in [-0.3, -0.25) is 4.90 Å². The van der Waals surface area contributed by atoms with E-state index in [1.54, 1.807) is 0 Å². The van der Waals surface area contributed by atoms with Crippen LogP contribution in [-0.4, -0.2) is 12.1 Å². The molecule has 1 fully saturated rings. The molecule has 3 heteroatoms. The molecule has 0 radical (unpaired) electrons. The minimum absolute atomic E-state index is 0.00644. The zero-order valence-electron chi connectivity index (χ0n) is 13.4. The topological polar surface area (TPSA) is 32.3 Å². The fourth-order valence-electron chi connectivity index (χ4n) is 3.15. The fraction of sp³-hybridized carbons (Fsp3) is 0.350. The highest BCUT2D eigenvalue weighted by atomic mass is 16.2. The van der Waals surface area contributed by atoms with Crippen LogP contribution in [0.5, 0.6) is 0 Å². The summed E-state index contributed by atoms with van der Waals surface area (Å²) in [6.07, 6.45) is 5.92. The van der Waals surface area contributed by atoms with Crippen LogP contribution >= 0.6 is 0 Å². The molecule has 23 heavy (non-hydrogen) atoms. The second kappa shape index (κ2) is 7.82. The minimum atomic E-state index is 0.00644. The molecule has 0 unspecified atom stereocenters. The Hall–Kier alpha value is -2.29. The zero-order valence-corrected chi connectivity index (χ0v) is 13.4. The number of hydrogen-bond acceptors (Lipinski definition) is 1. The molecule has 2 amide bonds. The summed E-state index contributed by atoms with van der Waals surface area (Å²) in [5, 5.41) is 3.22. The number of hydrogen-bond donors (Lipinski definition) is 1. The third-order valence-corrected chi connectivity index (χ3v) is 4.43. The van der Waals surface area contributed by atoms with Crippen LogP contribution in [0.3, 0.4) is 0 Å². The number of amides is 2. The Morgan fingerprint density at radius 3 is 2.17 bits per heavy atom. The predicted octanol–water partition coefficient (Wildman–Crippen LogP) is 4.74. The molecule has 1 N–H and O–H groups in total. The van der Waals surface area contributed by atoms with E-state index in [4.69, 9.17) is 0 Å². The first-order valence-corrected chi connectivity index (χ1v) is 8.50. The largest absolute Gasteiger partial charge is 0.335 e. The molecular formula is C20H24N2O. The zero-order chi connectivity index (χ0) is 15.9. The average Bonchev–Trinajstić information content (AvgIpc) is 2.62. The summed E-state index contributed by atoms with van der Waals surface area (Å²) in [5.74, 6) is 0. The number of anilines is 1. The lowest BCUT2D eigenvalue weighted by Crippen LogP contribution is -2.45. The summed E-state index contributed by atoms with van der Waals surface area (Å²) in [4.78, 5) is 14.7. The maximum Gasteiger partial charge on any atom is 0.322 e. The molecule has 0 spiro atoms. The van der Waals surface area contributed by atoms with Crippen LogP contribution in [-0.2, 0) is 6.54 Å². The lowest BCUT2D eigenvalue weighted by molar-refractivity contribution is 0.238.